The van der Waals surface area contributed by atoms with Crippen LogP contribution in [-0.2, 0) is 10.0 Å². The third-order valence-corrected chi connectivity index (χ3v) is 7.55. The zero-order valence-electron chi connectivity index (χ0n) is 16.3. The Morgan fingerprint density at radius 1 is 0.889 bits per heavy atom. The molecule has 2 heterocycles. The Labute approximate surface area is 162 Å². The molecule has 1 fully saturated rings. The van der Waals surface area contributed by atoms with Gasteiger partial charge in [0, 0.05) is 42.6 Å². The first kappa shape index (κ1) is 18.6. The molecular weight excluding hydrogens is 358 g/mol. The molecule has 4 rings (SSSR count). The fourth-order valence-electron chi connectivity index (χ4n) is 4.48. The second kappa shape index (κ2) is 7.32. The van der Waals surface area contributed by atoms with Crippen molar-refractivity contribution in [1.82, 2.24) is 4.90 Å². The third-order valence-electron chi connectivity index (χ3n) is 5.69. The average Bonchev–Trinajstić information content (AvgIpc) is 2.82. The van der Waals surface area contributed by atoms with E-state index < -0.39 is 10.0 Å². The van der Waals surface area contributed by atoms with Crippen molar-refractivity contribution in [2.75, 3.05) is 48.5 Å². The Kier molecular flexibility index (Phi) is 5.03. The van der Waals surface area contributed by atoms with Crippen molar-refractivity contribution in [3.63, 3.8) is 0 Å². The highest BCUT2D eigenvalue weighted by molar-refractivity contribution is 7.93. The van der Waals surface area contributed by atoms with Crippen LogP contribution in [0, 0.1) is 0 Å². The molecule has 0 N–H and O–H groups in total. The van der Waals surface area contributed by atoms with Gasteiger partial charge in [0.15, 0.2) is 0 Å². The largest absolute Gasteiger partial charge is 0.370 e. The minimum absolute atomic E-state index is 0.465. The van der Waals surface area contributed by atoms with Gasteiger partial charge >= 0.3 is 0 Å². The second-order valence-electron chi connectivity index (χ2n) is 7.54. The molecule has 2 aliphatic heterocycles. The van der Waals surface area contributed by atoms with Crippen LogP contribution in [0.2, 0.25) is 0 Å². The lowest BCUT2D eigenvalue weighted by molar-refractivity contribution is 0.294. The van der Waals surface area contributed by atoms with E-state index >= 15 is 0 Å². The lowest BCUT2D eigenvalue weighted by Gasteiger charge is -2.25. The summed E-state index contributed by atoms with van der Waals surface area (Å²) in [6.07, 6.45) is 3.13. The molecule has 2 aliphatic rings. The lowest BCUT2D eigenvalue weighted by atomic mass is 10.1. The van der Waals surface area contributed by atoms with E-state index in [0.717, 1.165) is 62.0 Å². The summed E-state index contributed by atoms with van der Waals surface area (Å²) in [4.78, 5) is 5.44. The Hall–Kier alpha value is -1.79. The molecule has 5 nitrogen and oxygen atoms in total. The van der Waals surface area contributed by atoms with E-state index in [0.29, 0.717) is 11.4 Å². The van der Waals surface area contributed by atoms with Gasteiger partial charge in [-0.25, -0.2) is 8.42 Å². The van der Waals surface area contributed by atoms with Gasteiger partial charge in [0.2, 0.25) is 0 Å². The van der Waals surface area contributed by atoms with E-state index in [4.69, 9.17) is 0 Å². The van der Waals surface area contributed by atoms with Crippen molar-refractivity contribution < 1.29 is 8.42 Å². The standard InChI is InChI=1S/C21H29N3O2S/c1-3-11-22-13-6-14-23(16-15-22)18-9-10-19-21-17(18)7-5-8-20(21)27(25,26)24(19)12-4-2/h5,7-10H,3-4,6,11-16H2,1-2H3. The summed E-state index contributed by atoms with van der Waals surface area (Å²) in [6.45, 7) is 10.1. The van der Waals surface area contributed by atoms with Gasteiger partial charge < -0.3 is 9.80 Å². The molecule has 27 heavy (non-hydrogen) atoms. The van der Waals surface area contributed by atoms with E-state index in [1.54, 1.807) is 10.4 Å². The van der Waals surface area contributed by atoms with Crippen LogP contribution in [-0.4, -0.2) is 52.6 Å². The monoisotopic (exact) mass is 387 g/mol. The molecule has 0 aliphatic carbocycles. The summed E-state index contributed by atoms with van der Waals surface area (Å²) in [6, 6.07) is 9.86. The van der Waals surface area contributed by atoms with Crippen LogP contribution in [0.5, 0.6) is 0 Å². The normalized spacial score (nSPS) is 19.6. The molecule has 0 spiro atoms. The summed E-state index contributed by atoms with van der Waals surface area (Å²) >= 11 is 0. The highest BCUT2D eigenvalue weighted by atomic mass is 32.2. The van der Waals surface area contributed by atoms with E-state index in [2.05, 4.69) is 28.9 Å². The fraction of sp³-hybridized carbons (Fsp3) is 0.524. The summed E-state index contributed by atoms with van der Waals surface area (Å²) < 4.78 is 27.6. The molecule has 0 bridgehead atoms. The minimum Gasteiger partial charge on any atom is -0.370 e. The van der Waals surface area contributed by atoms with Gasteiger partial charge in [0.1, 0.15) is 0 Å². The van der Waals surface area contributed by atoms with Gasteiger partial charge in [-0.05, 0) is 50.6 Å². The molecule has 0 saturated carbocycles. The third kappa shape index (κ3) is 3.09. The van der Waals surface area contributed by atoms with Crippen LogP contribution in [0.3, 0.4) is 0 Å². The average molecular weight is 388 g/mol. The predicted octanol–water partition coefficient (Wildman–Crippen LogP) is 3.68. The topological polar surface area (TPSA) is 43.9 Å². The van der Waals surface area contributed by atoms with Gasteiger partial charge in [0.05, 0.1) is 10.6 Å². The maximum Gasteiger partial charge on any atom is 0.265 e. The zero-order chi connectivity index (χ0) is 19.0. The maximum absolute atomic E-state index is 13.0. The number of hydrogen-bond donors (Lipinski definition) is 0. The number of anilines is 2. The molecule has 0 amide bonds. The summed E-state index contributed by atoms with van der Waals surface area (Å²) in [7, 11) is -3.42. The molecule has 0 aromatic heterocycles. The first-order valence-electron chi connectivity index (χ1n) is 10.1. The summed E-state index contributed by atoms with van der Waals surface area (Å²) in [5.41, 5.74) is 2.01. The smallest absolute Gasteiger partial charge is 0.265 e. The first-order valence-corrected chi connectivity index (χ1v) is 11.6. The van der Waals surface area contributed by atoms with Crippen LogP contribution in [0.25, 0.3) is 10.8 Å². The van der Waals surface area contributed by atoms with Gasteiger partial charge in [-0.15, -0.1) is 0 Å². The van der Waals surface area contributed by atoms with Crippen LogP contribution in [0.4, 0.5) is 11.4 Å². The molecule has 0 unspecified atom stereocenters. The molecule has 0 atom stereocenters. The van der Waals surface area contributed by atoms with Crippen LogP contribution >= 0.6 is 0 Å². The first-order chi connectivity index (χ1) is 13.1. The van der Waals surface area contributed by atoms with Crippen LogP contribution in [0.1, 0.15) is 33.1 Å². The Morgan fingerprint density at radius 2 is 1.67 bits per heavy atom. The fourth-order valence-corrected chi connectivity index (χ4v) is 6.28. The van der Waals surface area contributed by atoms with Crippen molar-refractivity contribution in [2.24, 2.45) is 0 Å². The summed E-state index contributed by atoms with van der Waals surface area (Å²) in [5.74, 6) is 0. The SMILES string of the molecule is CCCN1CCCN(c2ccc3c4c(cccc24)S(=O)(=O)N3CCC)CC1. The predicted molar refractivity (Wildman–Crippen MR) is 112 cm³/mol. The minimum atomic E-state index is -3.42. The molecular formula is C21H29N3O2S. The molecule has 2 aromatic carbocycles. The van der Waals surface area contributed by atoms with Crippen molar-refractivity contribution in [3.8, 4) is 0 Å². The quantitative estimate of drug-likeness (QED) is 0.785. The molecule has 2 aromatic rings. The second-order valence-corrected chi connectivity index (χ2v) is 9.37. The Bertz CT molecular complexity index is 942. The van der Waals surface area contributed by atoms with E-state index in [1.807, 2.05) is 19.1 Å². The van der Waals surface area contributed by atoms with Crippen molar-refractivity contribution in [2.45, 2.75) is 38.0 Å². The van der Waals surface area contributed by atoms with E-state index in [-0.39, 0.29) is 0 Å². The Morgan fingerprint density at radius 3 is 2.44 bits per heavy atom. The number of benzene rings is 2. The van der Waals surface area contributed by atoms with Gasteiger partial charge in [0.25, 0.3) is 10.0 Å². The summed E-state index contributed by atoms with van der Waals surface area (Å²) in [5, 5.41) is 1.97. The molecule has 6 heteroatoms. The number of nitrogens with zero attached hydrogens (tertiary/aromatic N) is 3. The molecule has 146 valence electrons. The Balaban J connectivity index is 1.76. The van der Waals surface area contributed by atoms with Crippen LogP contribution in [0.15, 0.2) is 35.2 Å². The number of hydrogen-bond acceptors (Lipinski definition) is 4. The molecule has 0 radical (unpaired) electrons. The van der Waals surface area contributed by atoms with Crippen LogP contribution < -0.4 is 9.21 Å². The number of sulfonamides is 1. The van der Waals surface area contributed by atoms with E-state index in [1.165, 1.54) is 12.1 Å². The van der Waals surface area contributed by atoms with E-state index in [9.17, 15) is 8.42 Å². The molecule has 1 saturated heterocycles. The zero-order valence-corrected chi connectivity index (χ0v) is 17.1. The van der Waals surface area contributed by atoms with Crippen molar-refractivity contribution in [1.29, 1.82) is 0 Å². The highest BCUT2D eigenvalue weighted by Gasteiger charge is 2.36. The van der Waals surface area contributed by atoms with Crippen molar-refractivity contribution >= 4 is 32.2 Å². The maximum atomic E-state index is 13.0. The van der Waals surface area contributed by atoms with Gasteiger partial charge in [-0.2, -0.15) is 0 Å². The van der Waals surface area contributed by atoms with Gasteiger partial charge in [-0.1, -0.05) is 26.0 Å². The number of rotatable bonds is 5. The lowest BCUT2D eigenvalue weighted by Crippen LogP contribution is -2.31. The van der Waals surface area contributed by atoms with Gasteiger partial charge in [-0.3, -0.25) is 4.31 Å². The highest BCUT2D eigenvalue weighted by Crippen LogP contribution is 2.45. The van der Waals surface area contributed by atoms with Crippen molar-refractivity contribution in [3.05, 3.63) is 30.3 Å².